The average molecular weight is 858 g/mol. The molecule has 0 saturated heterocycles. The van der Waals surface area contributed by atoms with Crippen molar-refractivity contribution in [2.24, 2.45) is 0 Å². The first kappa shape index (κ1) is 36.2. The van der Waals surface area contributed by atoms with Crippen molar-refractivity contribution in [1.29, 1.82) is 0 Å². The molecule has 5 aromatic heterocycles. The first-order chi connectivity index (χ1) is 31.2. The Hall–Kier alpha value is -7.49. The highest BCUT2D eigenvalue weighted by Crippen LogP contribution is 2.47. The fourth-order valence-electron chi connectivity index (χ4n) is 8.85. The lowest BCUT2D eigenvalue weighted by Gasteiger charge is -2.11. The van der Waals surface area contributed by atoms with Gasteiger partial charge in [0.05, 0.1) is 15.9 Å². The summed E-state index contributed by atoms with van der Waals surface area (Å²) in [5, 5.41) is 5.96. The van der Waals surface area contributed by atoms with Crippen LogP contribution in [0, 0.1) is 0 Å². The molecule has 0 amide bonds. The molecule has 0 saturated carbocycles. The van der Waals surface area contributed by atoms with E-state index in [0.717, 1.165) is 80.7 Å². The van der Waals surface area contributed by atoms with Crippen molar-refractivity contribution in [3.63, 3.8) is 0 Å². The maximum atomic E-state index is 5.36. The van der Waals surface area contributed by atoms with Crippen LogP contribution in [0.2, 0.25) is 0 Å². The Labute approximate surface area is 373 Å². The summed E-state index contributed by atoms with van der Waals surface area (Å²) in [6, 6.07) is 66.0. The third-order valence-electron chi connectivity index (χ3n) is 11.8. The fraction of sp³-hybridized carbons (Fsp3) is 0. The summed E-state index contributed by atoms with van der Waals surface area (Å²) in [7, 11) is 0. The number of fused-ring (bicyclic) bond motifs is 9. The van der Waals surface area contributed by atoms with Crippen LogP contribution >= 0.6 is 34.0 Å². The second-order valence-electron chi connectivity index (χ2n) is 15.5. The van der Waals surface area contributed by atoms with Gasteiger partial charge in [-0.05, 0) is 35.4 Å². The molecule has 294 valence electrons. The van der Waals surface area contributed by atoms with Crippen molar-refractivity contribution in [1.82, 2.24) is 24.9 Å². The molecule has 0 aliphatic heterocycles. The number of rotatable bonds is 6. The zero-order chi connectivity index (χ0) is 41.4. The lowest BCUT2D eigenvalue weighted by atomic mass is 10.0. The van der Waals surface area contributed by atoms with Crippen molar-refractivity contribution in [2.45, 2.75) is 0 Å². The summed E-state index contributed by atoms with van der Waals surface area (Å²) >= 11 is 5.38. The third kappa shape index (κ3) is 5.98. The van der Waals surface area contributed by atoms with Gasteiger partial charge < -0.3 is 0 Å². The Kier molecular flexibility index (Phi) is 8.37. The van der Waals surface area contributed by atoms with Gasteiger partial charge in [0.2, 0.25) is 0 Å². The van der Waals surface area contributed by atoms with Crippen LogP contribution in [0.3, 0.4) is 0 Å². The molecule has 8 heteroatoms. The molecule has 0 radical (unpaired) electrons. The normalized spacial score (nSPS) is 11.8. The number of benzene rings is 8. The molecule has 0 fully saturated rings. The molecule has 0 bridgehead atoms. The predicted octanol–water partition coefficient (Wildman–Crippen LogP) is 15.8. The molecule has 5 nitrogen and oxygen atoms in total. The Morgan fingerprint density at radius 3 is 1.57 bits per heavy atom. The molecule has 0 unspecified atom stereocenters. The van der Waals surface area contributed by atoms with Crippen molar-refractivity contribution in [2.75, 3.05) is 0 Å². The highest BCUT2D eigenvalue weighted by Gasteiger charge is 2.22. The average Bonchev–Trinajstić information content (AvgIpc) is 4.06. The van der Waals surface area contributed by atoms with Gasteiger partial charge in [0.1, 0.15) is 0 Å². The third-order valence-corrected chi connectivity index (χ3v) is 15.4. The van der Waals surface area contributed by atoms with Gasteiger partial charge in [-0.1, -0.05) is 164 Å². The van der Waals surface area contributed by atoms with E-state index in [4.69, 9.17) is 24.9 Å². The van der Waals surface area contributed by atoms with Crippen LogP contribution in [0.25, 0.3) is 129 Å². The largest absolute Gasteiger partial charge is 0.226 e. The van der Waals surface area contributed by atoms with Crippen LogP contribution in [0.1, 0.15) is 0 Å². The van der Waals surface area contributed by atoms with Crippen LogP contribution in [0.4, 0.5) is 0 Å². The summed E-state index contributed by atoms with van der Waals surface area (Å²) < 4.78 is 7.16. The summed E-state index contributed by atoms with van der Waals surface area (Å²) in [4.78, 5) is 26.3. The van der Waals surface area contributed by atoms with E-state index in [2.05, 4.69) is 152 Å². The Balaban J connectivity index is 1.01. The number of thiophene rings is 3. The predicted molar refractivity (Wildman–Crippen MR) is 267 cm³/mol. The number of aromatic nitrogens is 5. The Morgan fingerprint density at radius 1 is 0.286 bits per heavy atom. The quantitative estimate of drug-likeness (QED) is 0.167. The lowest BCUT2D eigenvalue weighted by Crippen LogP contribution is -2.00. The molecule has 0 N–H and O–H groups in total. The maximum absolute atomic E-state index is 5.36. The summed E-state index contributed by atoms with van der Waals surface area (Å²) in [5.41, 5.74) is 9.15. The molecule has 13 rings (SSSR count). The molecular formula is C55H31N5S3. The van der Waals surface area contributed by atoms with Gasteiger partial charge in [-0.25, -0.2) is 24.9 Å². The van der Waals surface area contributed by atoms with E-state index in [9.17, 15) is 0 Å². The monoisotopic (exact) mass is 857 g/mol. The van der Waals surface area contributed by atoms with E-state index < -0.39 is 0 Å². The van der Waals surface area contributed by atoms with Gasteiger partial charge in [-0.2, -0.15) is 0 Å². The van der Waals surface area contributed by atoms with Crippen LogP contribution in [-0.2, 0) is 0 Å². The molecule has 63 heavy (non-hydrogen) atoms. The minimum Gasteiger partial charge on any atom is -0.226 e. The van der Waals surface area contributed by atoms with E-state index in [1.807, 2.05) is 47.7 Å². The second kappa shape index (κ2) is 14.6. The van der Waals surface area contributed by atoms with E-state index >= 15 is 0 Å². The summed E-state index contributed by atoms with van der Waals surface area (Å²) in [6.07, 6.45) is 0. The molecule has 13 aromatic rings. The first-order valence-electron chi connectivity index (χ1n) is 20.7. The van der Waals surface area contributed by atoms with Crippen molar-refractivity contribution in [3.05, 3.63) is 188 Å². The smallest absolute Gasteiger partial charge is 0.164 e. The zero-order valence-electron chi connectivity index (χ0n) is 33.4. The van der Waals surface area contributed by atoms with Crippen molar-refractivity contribution < 1.29 is 0 Å². The van der Waals surface area contributed by atoms with Crippen LogP contribution in [-0.4, -0.2) is 24.9 Å². The minimum atomic E-state index is 0.628. The molecule has 8 aromatic carbocycles. The standard InChI is InChI=1S/C55H31N5S3/c1-3-15-32(16-4-1)52-56-47-39-22-8-10-29-44(39)62-51(47)48(57-52)42-27-13-25-40-46-41(26-14-30-45(46)63-50(40)42)55-59-53(33-17-5-2-6-18-33)58-54(60-55)35-20-11-19-34(31-35)36-23-12-24-38-37-21-7-9-28-43(37)61-49(36)38/h1-31H. The maximum Gasteiger partial charge on any atom is 0.164 e. The molecule has 5 heterocycles. The summed E-state index contributed by atoms with van der Waals surface area (Å²) in [5.74, 6) is 2.61. The van der Waals surface area contributed by atoms with Gasteiger partial charge in [0, 0.05) is 78.2 Å². The topological polar surface area (TPSA) is 64.5 Å². The van der Waals surface area contributed by atoms with Gasteiger partial charge in [-0.3, -0.25) is 0 Å². The number of hydrogen-bond donors (Lipinski definition) is 0. The van der Waals surface area contributed by atoms with E-state index in [-0.39, 0.29) is 0 Å². The first-order valence-corrected chi connectivity index (χ1v) is 23.2. The molecule has 0 aliphatic carbocycles. The second-order valence-corrected chi connectivity index (χ2v) is 18.7. The van der Waals surface area contributed by atoms with Crippen LogP contribution < -0.4 is 0 Å². The Morgan fingerprint density at radius 2 is 0.778 bits per heavy atom. The number of nitrogens with zero attached hydrogens (tertiary/aromatic N) is 5. The van der Waals surface area contributed by atoms with Crippen LogP contribution in [0.5, 0.6) is 0 Å². The van der Waals surface area contributed by atoms with E-state index in [1.165, 1.54) is 30.4 Å². The molecule has 0 atom stereocenters. The molecule has 0 aliphatic rings. The van der Waals surface area contributed by atoms with Gasteiger partial charge >= 0.3 is 0 Å². The highest BCUT2D eigenvalue weighted by molar-refractivity contribution is 7.27. The van der Waals surface area contributed by atoms with E-state index in [0.29, 0.717) is 17.5 Å². The van der Waals surface area contributed by atoms with Gasteiger partial charge in [0.15, 0.2) is 23.3 Å². The zero-order valence-corrected chi connectivity index (χ0v) is 35.8. The van der Waals surface area contributed by atoms with Crippen molar-refractivity contribution >= 4 is 94.7 Å². The molecule has 0 spiro atoms. The minimum absolute atomic E-state index is 0.628. The van der Waals surface area contributed by atoms with E-state index in [1.54, 1.807) is 22.7 Å². The number of hydrogen-bond acceptors (Lipinski definition) is 8. The van der Waals surface area contributed by atoms with Gasteiger partial charge in [0.25, 0.3) is 0 Å². The highest BCUT2D eigenvalue weighted by atomic mass is 32.1. The van der Waals surface area contributed by atoms with Crippen molar-refractivity contribution in [3.8, 4) is 67.9 Å². The Bertz CT molecular complexity index is 3930. The lowest BCUT2D eigenvalue weighted by molar-refractivity contribution is 1.08. The fourth-order valence-corrected chi connectivity index (χ4v) is 12.5. The molecular weight excluding hydrogens is 827 g/mol. The van der Waals surface area contributed by atoms with Gasteiger partial charge in [-0.15, -0.1) is 34.0 Å². The SMILES string of the molecule is c1ccc(-c2nc(-c3cccc(-c4cccc5c4sc4ccccc45)c3)nc(-c3cccc4sc5c(-c6nc(-c7ccccc7)nc7c6sc6ccccc67)cccc5c34)n2)cc1. The summed E-state index contributed by atoms with van der Waals surface area (Å²) in [6.45, 7) is 0. The van der Waals surface area contributed by atoms with Crippen LogP contribution in [0.15, 0.2) is 188 Å².